The molecule has 2 aromatic carbocycles. The molecule has 1 heterocycles. The highest BCUT2D eigenvalue weighted by Crippen LogP contribution is 2.35. The van der Waals surface area contributed by atoms with Gasteiger partial charge in [0.15, 0.2) is 18.1 Å². The Morgan fingerprint density at radius 2 is 1.97 bits per heavy atom. The Morgan fingerprint density at radius 3 is 2.68 bits per heavy atom. The van der Waals surface area contributed by atoms with Crippen molar-refractivity contribution in [3.8, 4) is 11.5 Å². The fraction of sp³-hybridized carbons (Fsp3) is 0.320. The summed E-state index contributed by atoms with van der Waals surface area (Å²) in [6.07, 6.45) is 3.71. The van der Waals surface area contributed by atoms with Crippen LogP contribution in [0.1, 0.15) is 37.8 Å². The highest BCUT2D eigenvalue weighted by atomic mass is 79.9. The molecular weight excluding hydrogens is 536 g/mol. The van der Waals surface area contributed by atoms with Gasteiger partial charge in [-0.2, -0.15) is 0 Å². The van der Waals surface area contributed by atoms with E-state index in [2.05, 4.69) is 28.2 Å². The first-order valence-corrected chi connectivity index (χ1v) is 13.0. The van der Waals surface area contributed by atoms with Crippen LogP contribution in [0.4, 0.5) is 5.69 Å². The lowest BCUT2D eigenvalue weighted by atomic mass is 10.2. The van der Waals surface area contributed by atoms with Gasteiger partial charge in [0, 0.05) is 16.7 Å². The number of anilines is 1. The maximum atomic E-state index is 12.7. The third kappa shape index (κ3) is 6.84. The summed E-state index contributed by atoms with van der Waals surface area (Å²) in [5.74, 6) is 0.622. The molecule has 0 aromatic heterocycles. The predicted octanol–water partition coefficient (Wildman–Crippen LogP) is 6.18. The number of thioether (sulfide) groups is 1. The first-order valence-electron chi connectivity index (χ1n) is 11.0. The number of halogens is 1. The first kappa shape index (κ1) is 26.2. The van der Waals surface area contributed by atoms with Crippen molar-refractivity contribution in [3.63, 3.8) is 0 Å². The number of unbranched alkanes of at least 4 members (excludes halogenated alkanes) is 1. The quantitative estimate of drug-likeness (QED) is 0.275. The molecule has 1 aliphatic heterocycles. The Balaban J connectivity index is 1.69. The van der Waals surface area contributed by atoms with Crippen LogP contribution in [0.2, 0.25) is 0 Å². The van der Waals surface area contributed by atoms with Gasteiger partial charge in [-0.1, -0.05) is 59.3 Å². The minimum Gasteiger partial charge on any atom is -0.490 e. The fourth-order valence-electron chi connectivity index (χ4n) is 3.26. The summed E-state index contributed by atoms with van der Waals surface area (Å²) in [7, 11) is 0. The summed E-state index contributed by atoms with van der Waals surface area (Å²) in [6, 6.07) is 11.0. The summed E-state index contributed by atoms with van der Waals surface area (Å²) in [4.78, 5) is 27.4. The number of ether oxygens (including phenoxy) is 2. The summed E-state index contributed by atoms with van der Waals surface area (Å²) in [5, 5.41) is 2.85. The third-order valence-corrected chi connectivity index (χ3v) is 6.87. The third-order valence-electron chi connectivity index (χ3n) is 5.00. The molecule has 0 saturated carbocycles. The van der Waals surface area contributed by atoms with Crippen molar-refractivity contribution in [2.24, 2.45) is 0 Å². The van der Waals surface area contributed by atoms with Gasteiger partial charge in [-0.25, -0.2) is 0 Å². The minimum absolute atomic E-state index is 0.0679. The zero-order valence-corrected chi connectivity index (χ0v) is 22.6. The van der Waals surface area contributed by atoms with Gasteiger partial charge < -0.3 is 14.8 Å². The van der Waals surface area contributed by atoms with Crippen molar-refractivity contribution in [1.82, 2.24) is 4.90 Å². The number of hydrogen-bond acceptors (Lipinski definition) is 6. The van der Waals surface area contributed by atoms with Crippen LogP contribution in [0.15, 0.2) is 45.8 Å². The topological polar surface area (TPSA) is 67.9 Å². The Morgan fingerprint density at radius 1 is 1.18 bits per heavy atom. The number of hydrogen-bond donors (Lipinski definition) is 1. The Kier molecular flexibility index (Phi) is 9.55. The number of aryl methyl sites for hydroxylation is 1. The lowest BCUT2D eigenvalue weighted by Crippen LogP contribution is -2.28. The number of rotatable bonds is 10. The van der Waals surface area contributed by atoms with Gasteiger partial charge in [0.25, 0.3) is 11.8 Å². The molecule has 2 amide bonds. The Bertz CT molecular complexity index is 1120. The molecule has 0 atom stereocenters. The Hall–Kier alpha value is -2.36. The van der Waals surface area contributed by atoms with Crippen LogP contribution in [0.5, 0.6) is 11.5 Å². The van der Waals surface area contributed by atoms with E-state index < -0.39 is 0 Å². The molecule has 0 radical (unpaired) electrons. The molecule has 9 heteroatoms. The van der Waals surface area contributed by atoms with E-state index in [9.17, 15) is 9.59 Å². The van der Waals surface area contributed by atoms with E-state index in [1.54, 1.807) is 23.1 Å². The number of nitrogens with zero attached hydrogens (tertiary/aromatic N) is 1. The van der Waals surface area contributed by atoms with Crippen LogP contribution in [-0.4, -0.2) is 40.8 Å². The van der Waals surface area contributed by atoms with Gasteiger partial charge in [0.05, 0.1) is 11.5 Å². The van der Waals surface area contributed by atoms with Crippen molar-refractivity contribution in [2.75, 3.05) is 25.1 Å². The molecule has 1 aliphatic rings. The van der Waals surface area contributed by atoms with Crippen molar-refractivity contribution in [2.45, 2.75) is 33.6 Å². The second kappa shape index (κ2) is 12.4. The summed E-state index contributed by atoms with van der Waals surface area (Å²) in [6.45, 7) is 6.78. The van der Waals surface area contributed by atoms with Gasteiger partial charge in [0.1, 0.15) is 4.32 Å². The van der Waals surface area contributed by atoms with E-state index in [1.165, 1.54) is 11.8 Å². The fourth-order valence-corrected chi connectivity index (χ4v) is 5.04. The monoisotopic (exact) mass is 562 g/mol. The van der Waals surface area contributed by atoms with Crippen LogP contribution in [0, 0.1) is 6.92 Å². The Labute approximate surface area is 218 Å². The van der Waals surface area contributed by atoms with E-state index in [-0.39, 0.29) is 18.4 Å². The number of benzene rings is 2. The number of carbonyl (C=O) groups excluding carboxylic acids is 2. The lowest BCUT2D eigenvalue weighted by Gasteiger charge is -2.14. The summed E-state index contributed by atoms with van der Waals surface area (Å²) < 4.78 is 13.0. The van der Waals surface area contributed by atoms with Crippen LogP contribution in [0.25, 0.3) is 6.08 Å². The predicted molar refractivity (Wildman–Crippen MR) is 145 cm³/mol. The van der Waals surface area contributed by atoms with E-state index in [0.717, 1.165) is 34.1 Å². The van der Waals surface area contributed by atoms with Crippen LogP contribution < -0.4 is 14.8 Å². The normalized spacial score (nSPS) is 14.6. The zero-order valence-electron chi connectivity index (χ0n) is 19.4. The lowest BCUT2D eigenvalue weighted by molar-refractivity contribution is -0.122. The van der Waals surface area contributed by atoms with Gasteiger partial charge in [-0.15, -0.1) is 0 Å². The second-order valence-corrected chi connectivity index (χ2v) is 10.2. The zero-order chi connectivity index (χ0) is 24.7. The molecule has 2 aromatic rings. The highest BCUT2D eigenvalue weighted by molar-refractivity contribution is 9.10. The maximum absolute atomic E-state index is 12.7. The SMILES string of the molecule is CCCCN1C(=O)/C(=C/c2ccc(OCC(=O)Nc3ccc(Br)cc3C)c(OCC)c2)SC1=S. The van der Waals surface area contributed by atoms with Crippen molar-refractivity contribution >= 4 is 67.8 Å². The van der Waals surface area contributed by atoms with E-state index in [0.29, 0.717) is 33.9 Å². The summed E-state index contributed by atoms with van der Waals surface area (Å²) >= 11 is 10.1. The summed E-state index contributed by atoms with van der Waals surface area (Å²) in [5.41, 5.74) is 2.47. The number of carbonyl (C=O) groups is 2. The van der Waals surface area contributed by atoms with Crippen molar-refractivity contribution in [3.05, 3.63) is 56.9 Å². The average Bonchev–Trinajstić information content (AvgIpc) is 3.06. The smallest absolute Gasteiger partial charge is 0.266 e. The standard InChI is InChI=1S/C25H27BrN2O4S2/c1-4-6-11-28-24(30)22(34-25(28)33)14-17-7-10-20(21(13-17)31-5-2)32-15-23(29)27-19-9-8-18(26)12-16(19)3/h7-10,12-14H,4-6,11,15H2,1-3H3,(H,27,29)/b22-14-. The molecule has 34 heavy (non-hydrogen) atoms. The highest BCUT2D eigenvalue weighted by Gasteiger charge is 2.31. The molecule has 3 rings (SSSR count). The van der Waals surface area contributed by atoms with Crippen molar-refractivity contribution < 1.29 is 19.1 Å². The molecule has 1 fully saturated rings. The van der Waals surface area contributed by atoms with Gasteiger partial charge in [0.2, 0.25) is 0 Å². The molecule has 0 unspecified atom stereocenters. The molecule has 0 spiro atoms. The molecule has 180 valence electrons. The van der Waals surface area contributed by atoms with Crippen LogP contribution in [-0.2, 0) is 9.59 Å². The van der Waals surface area contributed by atoms with Crippen LogP contribution >= 0.6 is 39.9 Å². The van der Waals surface area contributed by atoms with Crippen LogP contribution in [0.3, 0.4) is 0 Å². The van der Waals surface area contributed by atoms with Gasteiger partial charge in [-0.3, -0.25) is 14.5 Å². The molecule has 1 saturated heterocycles. The number of amides is 2. The van der Waals surface area contributed by atoms with Crippen molar-refractivity contribution in [1.29, 1.82) is 0 Å². The maximum Gasteiger partial charge on any atom is 0.266 e. The number of nitrogens with one attached hydrogen (secondary N) is 1. The minimum atomic E-state index is -0.271. The number of thiocarbonyl (C=S) groups is 1. The first-order chi connectivity index (χ1) is 16.3. The van der Waals surface area contributed by atoms with E-state index in [1.807, 2.05) is 38.1 Å². The van der Waals surface area contributed by atoms with Gasteiger partial charge in [-0.05, 0) is 67.8 Å². The molecule has 1 N–H and O–H groups in total. The van der Waals surface area contributed by atoms with E-state index >= 15 is 0 Å². The molecule has 0 bridgehead atoms. The molecule has 0 aliphatic carbocycles. The van der Waals surface area contributed by atoms with E-state index in [4.69, 9.17) is 21.7 Å². The van der Waals surface area contributed by atoms with Gasteiger partial charge >= 0.3 is 0 Å². The molecule has 6 nitrogen and oxygen atoms in total. The second-order valence-electron chi connectivity index (χ2n) is 7.62. The molecular formula is C25H27BrN2O4S2. The largest absolute Gasteiger partial charge is 0.490 e. The average molecular weight is 564 g/mol.